The average molecular weight is 543 g/mol. The van der Waals surface area contributed by atoms with Gasteiger partial charge in [-0.1, -0.05) is 75.8 Å². The molecule has 212 valence electrons. The molecule has 0 bridgehead atoms. The first-order valence-electron chi connectivity index (χ1n) is 13.4. The normalized spacial score (nSPS) is 12.3. The molecule has 0 aliphatic heterocycles. The van der Waals surface area contributed by atoms with Crippen molar-refractivity contribution in [2.75, 3.05) is 13.2 Å². The Kier molecular flexibility index (Phi) is 21.7. The molecule has 1 amide bonds. The van der Waals surface area contributed by atoms with Gasteiger partial charge in [-0.3, -0.25) is 14.4 Å². The van der Waals surface area contributed by atoms with E-state index in [1.807, 2.05) is 30.3 Å². The fourth-order valence-corrected chi connectivity index (χ4v) is 3.75. The van der Waals surface area contributed by atoms with Gasteiger partial charge < -0.3 is 25.7 Å². The summed E-state index contributed by atoms with van der Waals surface area (Å²) in [5.74, 6) is -1.48. The van der Waals surface area contributed by atoms with Gasteiger partial charge in [-0.25, -0.2) is 0 Å². The van der Waals surface area contributed by atoms with Crippen LogP contribution in [0.3, 0.4) is 0 Å². The summed E-state index contributed by atoms with van der Waals surface area (Å²) in [6, 6.07) is 8.53. The highest BCUT2D eigenvalue weighted by Gasteiger charge is 2.22. The van der Waals surface area contributed by atoms with Gasteiger partial charge in [0.25, 0.3) is 0 Å². The number of nitrogens with two attached hydrogens (primary N) is 2. The Morgan fingerprint density at radius 2 is 1.51 bits per heavy atom. The fraction of sp³-hybridized carbons (Fsp3) is 0.679. The number of hydrogen-bond donors (Lipinski definition) is 2. The molecule has 0 spiro atoms. The van der Waals surface area contributed by atoms with Crippen LogP contribution in [0.1, 0.15) is 96.0 Å². The lowest BCUT2D eigenvalue weighted by Gasteiger charge is -2.19. The van der Waals surface area contributed by atoms with E-state index in [0.29, 0.717) is 32.5 Å². The summed E-state index contributed by atoms with van der Waals surface area (Å²) in [4.78, 5) is 35.7. The van der Waals surface area contributed by atoms with Crippen LogP contribution in [0.25, 0.3) is 0 Å². The first kappa shape index (κ1) is 34.8. The number of benzene rings is 1. The van der Waals surface area contributed by atoms with Crippen LogP contribution >= 0.6 is 12.4 Å². The van der Waals surface area contributed by atoms with Gasteiger partial charge in [0.2, 0.25) is 5.91 Å². The lowest BCUT2D eigenvalue weighted by molar-refractivity contribution is -0.153. The summed E-state index contributed by atoms with van der Waals surface area (Å²) < 4.78 is 16.3. The Labute approximate surface area is 228 Å². The van der Waals surface area contributed by atoms with E-state index in [-0.39, 0.29) is 44.2 Å². The molecule has 4 N–H and O–H groups in total. The van der Waals surface area contributed by atoms with Crippen LogP contribution in [0, 0.1) is 0 Å². The van der Waals surface area contributed by atoms with E-state index >= 15 is 0 Å². The van der Waals surface area contributed by atoms with E-state index in [9.17, 15) is 14.4 Å². The average Bonchev–Trinajstić information content (AvgIpc) is 2.86. The van der Waals surface area contributed by atoms with Gasteiger partial charge in [-0.15, -0.1) is 12.4 Å². The number of primary amides is 1. The SMILES string of the molecule is CCCCCCCCCOCCC[C@@H](CC(N)=O)OC(=O)[C@@H](N)CCCC(=O)OCc1ccccc1.Cl. The lowest BCUT2D eigenvalue weighted by atomic mass is 10.1. The van der Waals surface area contributed by atoms with Gasteiger partial charge in [0, 0.05) is 19.6 Å². The fourth-order valence-electron chi connectivity index (χ4n) is 3.75. The van der Waals surface area contributed by atoms with E-state index < -0.39 is 24.0 Å². The van der Waals surface area contributed by atoms with Crippen molar-refractivity contribution < 1.29 is 28.6 Å². The van der Waals surface area contributed by atoms with Crippen LogP contribution in [0.15, 0.2) is 30.3 Å². The molecular weight excluding hydrogens is 496 g/mol. The Morgan fingerprint density at radius 1 is 0.865 bits per heavy atom. The number of rotatable bonds is 22. The van der Waals surface area contributed by atoms with Gasteiger partial charge in [0.05, 0.1) is 6.42 Å². The van der Waals surface area contributed by atoms with Gasteiger partial charge >= 0.3 is 11.9 Å². The maximum absolute atomic E-state index is 12.4. The predicted molar refractivity (Wildman–Crippen MR) is 147 cm³/mol. The van der Waals surface area contributed by atoms with Crippen LogP contribution in [0.2, 0.25) is 0 Å². The summed E-state index contributed by atoms with van der Waals surface area (Å²) in [6.45, 7) is 3.68. The molecule has 0 unspecified atom stereocenters. The number of ether oxygens (including phenoxy) is 3. The van der Waals surface area contributed by atoms with Gasteiger partial charge in [0.1, 0.15) is 18.8 Å². The zero-order valence-corrected chi connectivity index (χ0v) is 23.2. The third kappa shape index (κ3) is 19.6. The van der Waals surface area contributed by atoms with Crippen LogP contribution < -0.4 is 11.5 Å². The zero-order valence-electron chi connectivity index (χ0n) is 22.4. The molecule has 37 heavy (non-hydrogen) atoms. The van der Waals surface area contributed by atoms with Crippen LogP contribution in [-0.2, 0) is 35.2 Å². The summed E-state index contributed by atoms with van der Waals surface area (Å²) in [7, 11) is 0. The maximum Gasteiger partial charge on any atom is 0.323 e. The van der Waals surface area contributed by atoms with Crippen LogP contribution in [-0.4, -0.2) is 43.2 Å². The third-order valence-corrected chi connectivity index (χ3v) is 5.86. The Morgan fingerprint density at radius 3 is 2.19 bits per heavy atom. The first-order chi connectivity index (χ1) is 17.4. The standard InChI is InChI=1S/C28H46N2O6.ClH/c1-2-3-4-5-6-7-11-19-34-20-13-16-24(21-26(30)31)36-28(33)25(29)17-12-18-27(32)35-22-23-14-9-8-10-15-23;/h8-10,14-15,24-25H,2-7,11-13,16-22,29H2,1H3,(H2,30,31);1H/t24-,25-;/m0./s1. The number of hydrogen-bond acceptors (Lipinski definition) is 7. The second-order valence-corrected chi connectivity index (χ2v) is 9.25. The largest absolute Gasteiger partial charge is 0.461 e. The van der Waals surface area contributed by atoms with Crippen LogP contribution in [0.4, 0.5) is 0 Å². The molecule has 2 atom stereocenters. The molecule has 1 aromatic rings. The molecule has 0 aromatic heterocycles. The molecule has 1 rings (SSSR count). The highest BCUT2D eigenvalue weighted by Crippen LogP contribution is 2.12. The molecule has 8 nitrogen and oxygen atoms in total. The van der Waals surface area contributed by atoms with Crippen LogP contribution in [0.5, 0.6) is 0 Å². The van der Waals surface area contributed by atoms with Crippen molar-refractivity contribution in [1.29, 1.82) is 0 Å². The van der Waals surface area contributed by atoms with Crippen molar-refractivity contribution in [2.24, 2.45) is 11.5 Å². The number of unbranched alkanes of at least 4 members (excludes halogenated alkanes) is 6. The monoisotopic (exact) mass is 542 g/mol. The topological polar surface area (TPSA) is 131 Å². The molecule has 0 heterocycles. The van der Waals surface area contributed by atoms with Crippen molar-refractivity contribution in [3.63, 3.8) is 0 Å². The van der Waals surface area contributed by atoms with Gasteiger partial charge in [0.15, 0.2) is 0 Å². The second-order valence-electron chi connectivity index (χ2n) is 9.25. The first-order valence-corrected chi connectivity index (χ1v) is 13.4. The molecule has 0 aliphatic rings. The van der Waals surface area contributed by atoms with Crippen molar-refractivity contribution in [1.82, 2.24) is 0 Å². The van der Waals surface area contributed by atoms with E-state index in [2.05, 4.69) is 6.92 Å². The van der Waals surface area contributed by atoms with Gasteiger partial charge in [-0.2, -0.15) is 0 Å². The zero-order chi connectivity index (χ0) is 26.4. The number of halogens is 1. The molecule has 0 saturated heterocycles. The molecule has 0 aliphatic carbocycles. The predicted octanol–water partition coefficient (Wildman–Crippen LogP) is 4.98. The summed E-state index contributed by atoms with van der Waals surface area (Å²) in [5, 5.41) is 0. The van der Waals surface area contributed by atoms with Crippen molar-refractivity contribution in [2.45, 2.75) is 109 Å². The molecule has 0 radical (unpaired) electrons. The molecule has 9 heteroatoms. The summed E-state index contributed by atoms with van der Waals surface area (Å²) in [6.07, 6.45) is 9.92. The molecule has 0 fully saturated rings. The highest BCUT2D eigenvalue weighted by molar-refractivity contribution is 5.85. The van der Waals surface area contributed by atoms with E-state index in [1.54, 1.807) is 0 Å². The minimum Gasteiger partial charge on any atom is -0.461 e. The van der Waals surface area contributed by atoms with E-state index in [1.165, 1.54) is 38.5 Å². The minimum atomic E-state index is -0.879. The van der Waals surface area contributed by atoms with Crippen molar-refractivity contribution >= 4 is 30.3 Å². The Hall–Kier alpha value is -2.16. The highest BCUT2D eigenvalue weighted by atomic mass is 35.5. The summed E-state index contributed by atoms with van der Waals surface area (Å²) in [5.41, 5.74) is 12.2. The number of amides is 1. The second kappa shape index (κ2) is 23.0. The third-order valence-electron chi connectivity index (χ3n) is 5.86. The smallest absolute Gasteiger partial charge is 0.323 e. The number of esters is 2. The molecule has 1 aromatic carbocycles. The Bertz CT molecular complexity index is 735. The van der Waals surface area contributed by atoms with Crippen molar-refractivity contribution in [3.8, 4) is 0 Å². The molecular formula is C28H47ClN2O6. The maximum atomic E-state index is 12.4. The Balaban J connectivity index is 0.0000130. The van der Waals surface area contributed by atoms with E-state index in [4.69, 9.17) is 25.7 Å². The molecule has 0 saturated carbocycles. The summed E-state index contributed by atoms with van der Waals surface area (Å²) >= 11 is 0. The van der Waals surface area contributed by atoms with Gasteiger partial charge in [-0.05, 0) is 37.7 Å². The van der Waals surface area contributed by atoms with Crippen molar-refractivity contribution in [3.05, 3.63) is 35.9 Å². The van der Waals surface area contributed by atoms with E-state index in [0.717, 1.165) is 12.0 Å². The number of carbonyl (C=O) groups is 3. The minimum absolute atomic E-state index is 0. The quantitative estimate of drug-likeness (QED) is 0.156. The number of carbonyl (C=O) groups excluding carboxylic acids is 3. The lowest BCUT2D eigenvalue weighted by Crippen LogP contribution is -2.36.